The van der Waals surface area contributed by atoms with Crippen molar-refractivity contribution in [1.29, 1.82) is 0 Å². The van der Waals surface area contributed by atoms with Crippen molar-refractivity contribution in [3.05, 3.63) is 72.9 Å². The molecule has 0 radical (unpaired) electrons. The maximum absolute atomic E-state index is 12.2. The monoisotopic (exact) mass is 727 g/mol. The number of hydrogen-bond acceptors (Lipinski definition) is 6. The Labute approximate surface area is 319 Å². The van der Waals surface area contributed by atoms with Crippen LogP contribution in [0.5, 0.6) is 0 Å². The molecule has 0 aromatic rings. The Hall–Kier alpha value is -2.70. The lowest BCUT2D eigenvalue weighted by Crippen LogP contribution is -2.28. The average Bonchev–Trinajstić information content (AvgIpc) is 3.14. The van der Waals surface area contributed by atoms with Gasteiger partial charge in [0.25, 0.3) is 0 Å². The molecule has 52 heavy (non-hydrogen) atoms. The second-order valence-electron chi connectivity index (χ2n) is 13.9. The van der Waals surface area contributed by atoms with E-state index in [1.807, 2.05) is 12.2 Å². The minimum absolute atomic E-state index is 0.000921. The highest BCUT2D eigenvalue weighted by atomic mass is 16.6. The van der Waals surface area contributed by atoms with E-state index >= 15 is 0 Å². The summed E-state index contributed by atoms with van der Waals surface area (Å²) in [5.41, 5.74) is 0. The number of carbonyl (C=O) groups is 2. The third-order valence-corrected chi connectivity index (χ3v) is 8.88. The third-order valence-electron chi connectivity index (χ3n) is 8.88. The number of allylic oxidation sites excluding steroid dienone is 11. The highest BCUT2D eigenvalue weighted by molar-refractivity contribution is 5.70. The quantitative estimate of drug-likeness (QED) is 0.0286. The molecule has 0 aliphatic heterocycles. The molecule has 0 heterocycles. The molecule has 2 atom stereocenters. The van der Waals surface area contributed by atoms with E-state index in [0.29, 0.717) is 6.42 Å². The van der Waals surface area contributed by atoms with Gasteiger partial charge in [0.15, 0.2) is 6.10 Å². The summed E-state index contributed by atoms with van der Waals surface area (Å²) in [6.45, 7) is 3.83. The number of aliphatic hydroxyl groups excluding tert-OH is 2. The van der Waals surface area contributed by atoms with E-state index in [9.17, 15) is 19.8 Å². The Kier molecular flexibility index (Phi) is 38.9. The van der Waals surface area contributed by atoms with Crippen molar-refractivity contribution in [2.45, 2.75) is 193 Å². The summed E-state index contributed by atoms with van der Waals surface area (Å²) in [4.78, 5) is 24.3. The number of aliphatic hydroxyl groups is 2. The minimum Gasteiger partial charge on any atom is -0.462 e. The number of carbonyl (C=O) groups excluding carboxylic acids is 2. The van der Waals surface area contributed by atoms with Crippen LogP contribution in [0.25, 0.3) is 0 Å². The zero-order valence-electron chi connectivity index (χ0n) is 33.4. The molecule has 0 rings (SSSR count). The van der Waals surface area contributed by atoms with Crippen molar-refractivity contribution >= 4 is 11.9 Å². The normalized spacial score (nSPS) is 13.5. The van der Waals surface area contributed by atoms with Gasteiger partial charge in [0, 0.05) is 12.8 Å². The Balaban J connectivity index is 3.76. The van der Waals surface area contributed by atoms with E-state index in [-0.39, 0.29) is 25.4 Å². The van der Waals surface area contributed by atoms with E-state index in [4.69, 9.17) is 9.47 Å². The second-order valence-corrected chi connectivity index (χ2v) is 13.9. The molecule has 0 aromatic carbocycles. The standard InChI is InChI=1S/C46H78O6/c1-3-5-7-9-11-13-15-17-19-21-22-24-26-28-30-32-34-36-38-45(49)51-42-44(41-47)52-46(50)40-39-43(48)37-35-33-31-29-27-25-23-20-18-16-14-12-10-8-6-4-2/h6,8,12,14,18,20,25,27,31,33,35,37,43-44,47-48H,3-5,7,9-11,13,15-17,19,21-24,26,28-30,32,34,36,38-42H2,1-2H3/b8-6-,14-12-,20-18-,27-25-,33-31-,37-35-/t43?,44-/m0/s1. The molecule has 0 spiro atoms. The van der Waals surface area contributed by atoms with Crippen LogP contribution in [0.3, 0.4) is 0 Å². The van der Waals surface area contributed by atoms with Gasteiger partial charge in [-0.15, -0.1) is 0 Å². The van der Waals surface area contributed by atoms with E-state index in [2.05, 4.69) is 62.5 Å². The minimum atomic E-state index is -0.897. The van der Waals surface area contributed by atoms with Crippen molar-refractivity contribution < 1.29 is 29.3 Å². The lowest BCUT2D eigenvalue weighted by atomic mass is 10.0. The highest BCUT2D eigenvalue weighted by Crippen LogP contribution is 2.15. The molecule has 0 fully saturated rings. The SMILES string of the molecule is CC/C=C\C/C=C\C/C=C\C/C=C\C/C=C\C=C/C(O)CCC(=O)O[C@@H](CO)COC(=O)CCCCCCCCCCCCCCCCCCCC. The van der Waals surface area contributed by atoms with Crippen LogP contribution in [-0.2, 0) is 19.1 Å². The molecule has 0 bridgehead atoms. The highest BCUT2D eigenvalue weighted by Gasteiger charge is 2.17. The van der Waals surface area contributed by atoms with Gasteiger partial charge in [0.1, 0.15) is 6.61 Å². The van der Waals surface area contributed by atoms with Crippen LogP contribution >= 0.6 is 0 Å². The molecule has 0 amide bonds. The maximum atomic E-state index is 12.2. The van der Waals surface area contributed by atoms with E-state index in [0.717, 1.165) is 51.4 Å². The summed E-state index contributed by atoms with van der Waals surface area (Å²) in [7, 11) is 0. The van der Waals surface area contributed by atoms with Gasteiger partial charge in [-0.25, -0.2) is 0 Å². The molecule has 6 heteroatoms. The molecule has 0 saturated carbocycles. The van der Waals surface area contributed by atoms with Crippen LogP contribution in [0.4, 0.5) is 0 Å². The van der Waals surface area contributed by atoms with Gasteiger partial charge in [-0.1, -0.05) is 196 Å². The first-order valence-electron chi connectivity index (χ1n) is 21.1. The summed E-state index contributed by atoms with van der Waals surface area (Å²) >= 11 is 0. The number of esters is 2. The van der Waals surface area contributed by atoms with Gasteiger partial charge in [0.05, 0.1) is 12.7 Å². The smallest absolute Gasteiger partial charge is 0.306 e. The summed E-state index contributed by atoms with van der Waals surface area (Å²) in [5, 5.41) is 19.7. The first-order chi connectivity index (χ1) is 25.5. The molecule has 6 nitrogen and oxygen atoms in total. The fourth-order valence-electron chi connectivity index (χ4n) is 5.66. The summed E-state index contributed by atoms with van der Waals surface area (Å²) in [6.07, 6.45) is 51.5. The Morgan fingerprint density at radius 1 is 0.538 bits per heavy atom. The van der Waals surface area contributed by atoms with Crippen molar-refractivity contribution in [1.82, 2.24) is 0 Å². The number of hydrogen-bond donors (Lipinski definition) is 2. The van der Waals surface area contributed by atoms with E-state index in [1.165, 1.54) is 96.3 Å². The van der Waals surface area contributed by atoms with Crippen LogP contribution in [0, 0.1) is 0 Å². The van der Waals surface area contributed by atoms with E-state index in [1.54, 1.807) is 12.2 Å². The Morgan fingerprint density at radius 3 is 1.44 bits per heavy atom. The molecule has 2 N–H and O–H groups in total. The van der Waals surface area contributed by atoms with Crippen LogP contribution in [0.2, 0.25) is 0 Å². The molecule has 0 aromatic heterocycles. The molecule has 0 saturated heterocycles. The predicted molar refractivity (Wildman–Crippen MR) is 220 cm³/mol. The second kappa shape index (κ2) is 41.1. The lowest BCUT2D eigenvalue weighted by Gasteiger charge is -2.16. The molecular formula is C46H78O6. The van der Waals surface area contributed by atoms with Crippen LogP contribution in [0.15, 0.2) is 72.9 Å². The number of ether oxygens (including phenoxy) is 2. The first kappa shape index (κ1) is 49.3. The molecule has 0 aliphatic rings. The third kappa shape index (κ3) is 38.5. The largest absolute Gasteiger partial charge is 0.462 e. The molecular weight excluding hydrogens is 648 g/mol. The van der Waals surface area contributed by atoms with Gasteiger partial charge in [-0.05, 0) is 44.9 Å². The van der Waals surface area contributed by atoms with Crippen LogP contribution < -0.4 is 0 Å². The molecule has 0 aliphatic carbocycles. The summed E-state index contributed by atoms with van der Waals surface area (Å²) < 4.78 is 10.5. The van der Waals surface area contributed by atoms with Gasteiger partial charge in [-0.2, -0.15) is 0 Å². The fourth-order valence-corrected chi connectivity index (χ4v) is 5.66. The first-order valence-corrected chi connectivity index (χ1v) is 21.1. The Bertz CT molecular complexity index is 975. The fraction of sp³-hybridized carbons (Fsp3) is 0.696. The number of rotatable bonds is 37. The van der Waals surface area contributed by atoms with Gasteiger partial charge in [0.2, 0.25) is 0 Å². The Morgan fingerprint density at radius 2 is 0.981 bits per heavy atom. The van der Waals surface area contributed by atoms with Crippen molar-refractivity contribution in [3.8, 4) is 0 Å². The maximum Gasteiger partial charge on any atom is 0.306 e. The lowest BCUT2D eigenvalue weighted by molar-refractivity contribution is -0.161. The van der Waals surface area contributed by atoms with Crippen molar-refractivity contribution in [2.24, 2.45) is 0 Å². The van der Waals surface area contributed by atoms with E-state index < -0.39 is 24.8 Å². The van der Waals surface area contributed by atoms with Crippen molar-refractivity contribution in [3.63, 3.8) is 0 Å². The van der Waals surface area contributed by atoms with Gasteiger partial charge in [-0.3, -0.25) is 9.59 Å². The van der Waals surface area contributed by atoms with Gasteiger partial charge >= 0.3 is 11.9 Å². The predicted octanol–water partition coefficient (Wildman–Crippen LogP) is 12.3. The molecule has 1 unspecified atom stereocenters. The summed E-state index contributed by atoms with van der Waals surface area (Å²) in [6, 6.07) is 0. The zero-order valence-corrected chi connectivity index (χ0v) is 33.4. The van der Waals surface area contributed by atoms with Crippen molar-refractivity contribution in [2.75, 3.05) is 13.2 Å². The number of unbranched alkanes of at least 4 members (excludes halogenated alkanes) is 17. The average molecular weight is 727 g/mol. The summed E-state index contributed by atoms with van der Waals surface area (Å²) in [5.74, 6) is -0.873. The topological polar surface area (TPSA) is 93.1 Å². The van der Waals surface area contributed by atoms with Crippen LogP contribution in [0.1, 0.15) is 181 Å². The molecule has 298 valence electrons. The van der Waals surface area contributed by atoms with Crippen LogP contribution in [-0.4, -0.2) is 47.6 Å². The zero-order chi connectivity index (χ0) is 38.0. The van der Waals surface area contributed by atoms with Gasteiger partial charge < -0.3 is 19.7 Å².